The number of hydrogen-bond acceptors (Lipinski definition) is 3. The van der Waals surface area contributed by atoms with Crippen LogP contribution in [-0.2, 0) is 0 Å². The number of nitrogens with zero attached hydrogens (tertiary/aromatic N) is 2. The van der Waals surface area contributed by atoms with E-state index in [0.717, 1.165) is 10.2 Å². The Morgan fingerprint density at radius 3 is 2.60 bits per heavy atom. The van der Waals surface area contributed by atoms with Crippen LogP contribution in [0.5, 0.6) is 0 Å². The van der Waals surface area contributed by atoms with Crippen LogP contribution in [-0.4, -0.2) is 21.9 Å². The molecule has 4 rings (SSSR count). The number of carbonyl (C=O) groups excluding carboxylic acids is 1. The van der Waals surface area contributed by atoms with Crippen LogP contribution in [0.1, 0.15) is 40.1 Å². The molecule has 0 saturated carbocycles. The van der Waals surface area contributed by atoms with Gasteiger partial charge in [0.2, 0.25) is 0 Å². The van der Waals surface area contributed by atoms with Gasteiger partial charge in [-0.15, -0.1) is 0 Å². The first-order valence-electron chi connectivity index (χ1n) is 9.27. The largest absolute Gasteiger partial charge is 0.410 e. The van der Waals surface area contributed by atoms with Crippen LogP contribution in [0.4, 0.5) is 24.7 Å². The van der Waals surface area contributed by atoms with E-state index < -0.39 is 24.2 Å². The number of aryl methyl sites for hydroxylation is 1. The number of nitrogens with one attached hydrogen (secondary N) is 2. The fourth-order valence-corrected chi connectivity index (χ4v) is 3.64. The van der Waals surface area contributed by atoms with E-state index in [1.807, 2.05) is 13.0 Å². The molecule has 5 nitrogen and oxygen atoms in total. The standard InChI is InChI=1S/C21H18ClF3N4O/c1-12-3-2-4-15(9-12)26-20(30)17-11-19-27-16(13-5-7-14(22)8-6-13)10-18(21(23,24)25)29(19)28-17/h2-9,11,16,18,27H,10H2,1H3,(H,26,30)/t16-,18+/m1/s1. The predicted octanol–water partition coefficient (Wildman–Crippen LogP) is 5.76. The minimum atomic E-state index is -4.52. The fourth-order valence-electron chi connectivity index (χ4n) is 3.52. The van der Waals surface area contributed by atoms with Gasteiger partial charge < -0.3 is 10.6 Å². The first kappa shape index (κ1) is 20.3. The Morgan fingerprint density at radius 2 is 1.93 bits per heavy atom. The molecule has 1 aliphatic heterocycles. The summed E-state index contributed by atoms with van der Waals surface area (Å²) in [5.74, 6) is -0.439. The summed E-state index contributed by atoms with van der Waals surface area (Å²) in [6.45, 7) is 1.87. The molecule has 2 atom stereocenters. The number of alkyl halides is 3. The zero-order valence-corrected chi connectivity index (χ0v) is 16.6. The lowest BCUT2D eigenvalue weighted by Crippen LogP contribution is -2.35. The number of fused-ring (bicyclic) bond motifs is 1. The molecule has 30 heavy (non-hydrogen) atoms. The highest BCUT2D eigenvalue weighted by atomic mass is 35.5. The van der Waals surface area contributed by atoms with E-state index >= 15 is 0 Å². The van der Waals surface area contributed by atoms with Crippen LogP contribution < -0.4 is 10.6 Å². The van der Waals surface area contributed by atoms with E-state index in [-0.39, 0.29) is 17.9 Å². The van der Waals surface area contributed by atoms with Crippen molar-refractivity contribution in [1.82, 2.24) is 9.78 Å². The fraction of sp³-hybridized carbons (Fsp3) is 0.238. The molecule has 0 aliphatic carbocycles. The van der Waals surface area contributed by atoms with Gasteiger partial charge in [-0.3, -0.25) is 4.79 Å². The van der Waals surface area contributed by atoms with Crippen molar-refractivity contribution in [2.24, 2.45) is 0 Å². The molecule has 0 saturated heterocycles. The third kappa shape index (κ3) is 4.14. The van der Waals surface area contributed by atoms with Crippen LogP contribution in [0.3, 0.4) is 0 Å². The highest BCUT2D eigenvalue weighted by Gasteiger charge is 2.46. The van der Waals surface area contributed by atoms with Gasteiger partial charge in [-0.05, 0) is 42.3 Å². The van der Waals surface area contributed by atoms with Crippen LogP contribution in [0.25, 0.3) is 0 Å². The number of anilines is 2. The number of amides is 1. The summed E-state index contributed by atoms with van der Waals surface area (Å²) in [5.41, 5.74) is 2.07. The van der Waals surface area contributed by atoms with E-state index in [2.05, 4.69) is 15.7 Å². The number of benzene rings is 2. The van der Waals surface area contributed by atoms with Crippen LogP contribution >= 0.6 is 11.6 Å². The molecule has 0 radical (unpaired) electrons. The van der Waals surface area contributed by atoms with Crippen molar-refractivity contribution in [3.05, 3.63) is 76.4 Å². The summed E-state index contributed by atoms with van der Waals surface area (Å²) in [7, 11) is 0. The summed E-state index contributed by atoms with van der Waals surface area (Å²) in [6, 6.07) is 12.7. The van der Waals surface area contributed by atoms with Gasteiger partial charge in [0.1, 0.15) is 5.82 Å². The lowest BCUT2D eigenvalue weighted by molar-refractivity contribution is -0.173. The molecule has 0 spiro atoms. The van der Waals surface area contributed by atoms with Gasteiger partial charge in [-0.25, -0.2) is 4.68 Å². The van der Waals surface area contributed by atoms with Gasteiger partial charge in [0.25, 0.3) is 5.91 Å². The average molecular weight is 435 g/mol. The van der Waals surface area contributed by atoms with Crippen molar-refractivity contribution in [2.75, 3.05) is 10.6 Å². The molecule has 2 aromatic carbocycles. The summed E-state index contributed by atoms with van der Waals surface area (Å²) >= 11 is 5.89. The van der Waals surface area contributed by atoms with Gasteiger partial charge in [-0.1, -0.05) is 35.9 Å². The molecule has 9 heteroatoms. The lowest BCUT2D eigenvalue weighted by atomic mass is 9.97. The molecule has 3 aromatic rings. The van der Waals surface area contributed by atoms with E-state index in [0.29, 0.717) is 16.3 Å². The van der Waals surface area contributed by atoms with E-state index in [4.69, 9.17) is 11.6 Å². The number of carbonyl (C=O) groups is 1. The van der Waals surface area contributed by atoms with Crippen molar-refractivity contribution in [3.8, 4) is 0 Å². The number of rotatable bonds is 3. The molecule has 0 unspecified atom stereocenters. The van der Waals surface area contributed by atoms with Crippen molar-refractivity contribution in [2.45, 2.75) is 31.6 Å². The van der Waals surface area contributed by atoms with E-state index in [1.165, 1.54) is 6.07 Å². The second kappa shape index (κ2) is 7.68. The van der Waals surface area contributed by atoms with Crippen molar-refractivity contribution in [3.63, 3.8) is 0 Å². The highest BCUT2D eigenvalue weighted by molar-refractivity contribution is 6.30. The molecule has 0 fully saturated rings. The Labute approximate surface area is 175 Å². The smallest absolute Gasteiger partial charge is 0.363 e. The SMILES string of the molecule is Cc1cccc(NC(=O)c2cc3n(n2)[C@H](C(F)(F)F)C[C@H](c2ccc(Cl)cc2)N3)c1. The molecule has 2 heterocycles. The maximum absolute atomic E-state index is 13.8. The minimum Gasteiger partial charge on any atom is -0.363 e. The average Bonchev–Trinajstić information content (AvgIpc) is 3.11. The van der Waals surface area contributed by atoms with Crippen molar-refractivity contribution < 1.29 is 18.0 Å². The zero-order chi connectivity index (χ0) is 21.5. The van der Waals surface area contributed by atoms with Crippen molar-refractivity contribution in [1.29, 1.82) is 0 Å². The molecule has 0 bridgehead atoms. The molecule has 1 aromatic heterocycles. The van der Waals surface area contributed by atoms with Gasteiger partial charge in [0.05, 0.1) is 6.04 Å². The van der Waals surface area contributed by atoms with Crippen molar-refractivity contribution >= 4 is 29.0 Å². The quantitative estimate of drug-likeness (QED) is 0.551. The third-order valence-electron chi connectivity index (χ3n) is 4.97. The molecule has 1 amide bonds. The molecular formula is C21H18ClF3N4O. The van der Waals surface area contributed by atoms with Gasteiger partial charge >= 0.3 is 6.18 Å². The van der Waals surface area contributed by atoms with E-state index in [9.17, 15) is 18.0 Å². The Morgan fingerprint density at radius 1 is 1.20 bits per heavy atom. The number of halogens is 4. The van der Waals surface area contributed by atoms with Crippen LogP contribution in [0.15, 0.2) is 54.6 Å². The summed E-state index contributed by atoms with van der Waals surface area (Å²) in [5, 5.41) is 10.2. The Kier molecular flexibility index (Phi) is 5.19. The Bertz CT molecular complexity index is 1080. The maximum Gasteiger partial charge on any atom is 0.410 e. The summed E-state index contributed by atoms with van der Waals surface area (Å²) in [4.78, 5) is 12.6. The monoisotopic (exact) mass is 434 g/mol. The second-order valence-corrected chi connectivity index (χ2v) is 7.66. The predicted molar refractivity (Wildman–Crippen MR) is 109 cm³/mol. The topological polar surface area (TPSA) is 59.0 Å². The van der Waals surface area contributed by atoms with E-state index in [1.54, 1.807) is 42.5 Å². The first-order valence-corrected chi connectivity index (χ1v) is 9.65. The van der Waals surface area contributed by atoms with Gasteiger partial charge in [0.15, 0.2) is 11.7 Å². The van der Waals surface area contributed by atoms with Crippen LogP contribution in [0, 0.1) is 6.92 Å². The Hall–Kier alpha value is -3.00. The zero-order valence-electron chi connectivity index (χ0n) is 15.9. The minimum absolute atomic E-state index is 0.0926. The van der Waals surface area contributed by atoms with Crippen LogP contribution in [0.2, 0.25) is 5.02 Å². The van der Waals surface area contributed by atoms with Gasteiger partial charge in [-0.2, -0.15) is 18.3 Å². The molecule has 2 N–H and O–H groups in total. The molecule has 1 aliphatic rings. The summed E-state index contributed by atoms with van der Waals surface area (Å²) in [6.07, 6.45) is -4.77. The second-order valence-electron chi connectivity index (χ2n) is 7.22. The number of hydrogen-bond donors (Lipinski definition) is 2. The normalized spacial score (nSPS) is 18.4. The van der Waals surface area contributed by atoms with Gasteiger partial charge in [0, 0.05) is 23.2 Å². The first-order chi connectivity index (χ1) is 14.2. The molecule has 156 valence electrons. The highest BCUT2D eigenvalue weighted by Crippen LogP contribution is 2.43. The Balaban J connectivity index is 1.64. The lowest BCUT2D eigenvalue weighted by Gasteiger charge is -2.33. The molecular weight excluding hydrogens is 417 g/mol. The number of aromatic nitrogens is 2. The summed E-state index contributed by atoms with van der Waals surface area (Å²) < 4.78 is 42.1. The third-order valence-corrected chi connectivity index (χ3v) is 5.22. The maximum atomic E-state index is 13.8.